The van der Waals surface area contributed by atoms with E-state index in [2.05, 4.69) is 18.5 Å². The minimum absolute atomic E-state index is 0.155. The molecule has 0 aliphatic carbocycles. The topological polar surface area (TPSA) is 55.9 Å². The maximum absolute atomic E-state index is 12.7. The predicted octanol–water partition coefficient (Wildman–Crippen LogP) is 3.02. The van der Waals surface area contributed by atoms with Crippen LogP contribution in [-0.2, 0) is 15.8 Å². The quantitative estimate of drug-likeness (QED) is 0.535. The zero-order valence-electron chi connectivity index (χ0n) is 18.0. The van der Waals surface area contributed by atoms with Crippen molar-refractivity contribution < 1.29 is 22.8 Å². The molecule has 1 N–H and O–H groups in total. The van der Waals surface area contributed by atoms with E-state index in [1.165, 1.54) is 12.1 Å². The lowest BCUT2D eigenvalue weighted by Crippen LogP contribution is -2.50. The smallest absolute Gasteiger partial charge is 0.383 e. The molecule has 2 heterocycles. The van der Waals surface area contributed by atoms with Gasteiger partial charge in [0.2, 0.25) is 11.8 Å². The van der Waals surface area contributed by atoms with E-state index in [1.807, 2.05) is 4.90 Å². The molecule has 1 aromatic rings. The van der Waals surface area contributed by atoms with Crippen LogP contribution in [0.4, 0.5) is 18.9 Å². The molecule has 0 unspecified atom stereocenters. The van der Waals surface area contributed by atoms with E-state index >= 15 is 0 Å². The van der Waals surface area contributed by atoms with Crippen molar-refractivity contribution in [2.24, 2.45) is 0 Å². The number of anilines is 1. The Balaban J connectivity index is 1.43. The maximum atomic E-state index is 12.7. The first kappa shape index (κ1) is 23.7. The van der Waals surface area contributed by atoms with Crippen LogP contribution in [0.25, 0.3) is 0 Å². The SMILES string of the molecule is C=CC(=C)NC1CCN(C(=O)CC(=O)N2CCN(c3ccc(C(F)(F)F)cc3)CC2)CC1. The van der Waals surface area contributed by atoms with Gasteiger partial charge in [0.05, 0.1) is 5.56 Å². The van der Waals surface area contributed by atoms with Gasteiger partial charge >= 0.3 is 6.18 Å². The van der Waals surface area contributed by atoms with Crippen molar-refractivity contribution in [3.05, 3.63) is 54.8 Å². The predicted molar refractivity (Wildman–Crippen MR) is 117 cm³/mol. The first-order chi connectivity index (χ1) is 15.2. The molecule has 2 aliphatic rings. The number of allylic oxidation sites excluding steroid dienone is 1. The van der Waals surface area contributed by atoms with Gasteiger partial charge in [-0.1, -0.05) is 13.2 Å². The number of carbonyl (C=O) groups is 2. The van der Waals surface area contributed by atoms with Gasteiger partial charge in [-0.2, -0.15) is 13.2 Å². The fourth-order valence-electron chi connectivity index (χ4n) is 4.02. The van der Waals surface area contributed by atoms with Crippen molar-refractivity contribution in [2.75, 3.05) is 44.2 Å². The Bertz CT molecular complexity index is 838. The van der Waals surface area contributed by atoms with Crippen molar-refractivity contribution in [3.63, 3.8) is 0 Å². The molecule has 3 rings (SSSR count). The Hall–Kier alpha value is -2.97. The Labute approximate surface area is 186 Å². The van der Waals surface area contributed by atoms with Gasteiger partial charge in [-0.3, -0.25) is 9.59 Å². The van der Waals surface area contributed by atoms with Crippen LogP contribution in [0.5, 0.6) is 0 Å². The molecule has 2 amide bonds. The van der Waals surface area contributed by atoms with E-state index in [0.29, 0.717) is 45.0 Å². The Kier molecular flexibility index (Phi) is 7.48. The van der Waals surface area contributed by atoms with Crippen molar-refractivity contribution in [1.29, 1.82) is 0 Å². The highest BCUT2D eigenvalue weighted by atomic mass is 19.4. The van der Waals surface area contributed by atoms with Gasteiger partial charge in [0.1, 0.15) is 6.42 Å². The molecular formula is C23H29F3N4O2. The Morgan fingerprint density at radius 1 is 0.969 bits per heavy atom. The fourth-order valence-corrected chi connectivity index (χ4v) is 4.02. The van der Waals surface area contributed by atoms with Crippen molar-refractivity contribution in [1.82, 2.24) is 15.1 Å². The molecule has 0 radical (unpaired) electrons. The van der Waals surface area contributed by atoms with Crippen molar-refractivity contribution in [3.8, 4) is 0 Å². The lowest BCUT2D eigenvalue weighted by molar-refractivity contribution is -0.141. The first-order valence-corrected chi connectivity index (χ1v) is 10.7. The summed E-state index contributed by atoms with van der Waals surface area (Å²) in [5.74, 6) is -0.372. The Morgan fingerprint density at radius 2 is 1.50 bits per heavy atom. The van der Waals surface area contributed by atoms with E-state index in [4.69, 9.17) is 0 Å². The summed E-state index contributed by atoms with van der Waals surface area (Å²) in [7, 11) is 0. The number of nitrogens with one attached hydrogen (secondary N) is 1. The number of rotatable bonds is 6. The van der Waals surface area contributed by atoms with Crippen LogP contribution in [0.2, 0.25) is 0 Å². The summed E-state index contributed by atoms with van der Waals surface area (Å²) >= 11 is 0. The van der Waals surface area contributed by atoms with Crippen LogP contribution in [0.3, 0.4) is 0 Å². The average molecular weight is 451 g/mol. The highest BCUT2D eigenvalue weighted by Crippen LogP contribution is 2.30. The second kappa shape index (κ2) is 10.1. The molecule has 1 aromatic carbocycles. The van der Waals surface area contributed by atoms with Gasteiger partial charge in [-0.15, -0.1) is 0 Å². The third-order valence-electron chi connectivity index (χ3n) is 5.98. The van der Waals surface area contributed by atoms with Gasteiger partial charge in [0.15, 0.2) is 0 Å². The maximum Gasteiger partial charge on any atom is 0.416 e. The third kappa shape index (κ3) is 6.05. The summed E-state index contributed by atoms with van der Waals surface area (Å²) in [6.45, 7) is 10.6. The van der Waals surface area contributed by atoms with Gasteiger partial charge < -0.3 is 20.0 Å². The zero-order valence-corrected chi connectivity index (χ0v) is 18.0. The number of hydrogen-bond acceptors (Lipinski definition) is 4. The zero-order chi connectivity index (χ0) is 23.3. The third-order valence-corrected chi connectivity index (χ3v) is 5.98. The summed E-state index contributed by atoms with van der Waals surface area (Å²) in [4.78, 5) is 30.5. The molecule has 9 heteroatoms. The highest BCUT2D eigenvalue weighted by Gasteiger charge is 2.31. The first-order valence-electron chi connectivity index (χ1n) is 10.7. The van der Waals surface area contributed by atoms with Crippen LogP contribution >= 0.6 is 0 Å². The number of nitrogens with zero attached hydrogens (tertiary/aromatic N) is 3. The number of hydrogen-bond donors (Lipinski definition) is 1. The van der Waals surface area contributed by atoms with Crippen LogP contribution < -0.4 is 10.2 Å². The van der Waals surface area contributed by atoms with Crippen LogP contribution in [-0.4, -0.2) is 66.9 Å². The van der Waals surface area contributed by atoms with Gasteiger partial charge in [0, 0.05) is 56.7 Å². The number of carbonyl (C=O) groups excluding carboxylic acids is 2. The molecule has 32 heavy (non-hydrogen) atoms. The molecule has 174 valence electrons. The standard InChI is InChI=1S/C23H29F3N4O2/c1-3-17(2)27-19-8-10-29(11-9-19)21(31)16-22(32)30-14-12-28(13-15-30)20-6-4-18(5-7-20)23(24,25)26/h3-7,19,27H,1-2,8-16H2. The van der Waals surface area contributed by atoms with E-state index in [1.54, 1.807) is 15.9 Å². The van der Waals surface area contributed by atoms with Crippen molar-refractivity contribution >= 4 is 17.5 Å². The highest BCUT2D eigenvalue weighted by molar-refractivity contribution is 5.97. The number of benzene rings is 1. The lowest BCUT2D eigenvalue weighted by atomic mass is 10.0. The monoisotopic (exact) mass is 450 g/mol. The van der Waals surface area contributed by atoms with E-state index in [0.717, 1.165) is 30.7 Å². The summed E-state index contributed by atoms with van der Waals surface area (Å²) in [6, 6.07) is 5.28. The van der Waals surface area contributed by atoms with E-state index in [9.17, 15) is 22.8 Å². The molecular weight excluding hydrogens is 421 g/mol. The second-order valence-corrected chi connectivity index (χ2v) is 8.12. The Morgan fingerprint density at radius 3 is 2.00 bits per heavy atom. The number of piperidine rings is 1. The summed E-state index contributed by atoms with van der Waals surface area (Å²) < 4.78 is 38.2. The summed E-state index contributed by atoms with van der Waals surface area (Å²) in [5.41, 5.74) is 0.774. The van der Waals surface area contributed by atoms with Crippen molar-refractivity contribution in [2.45, 2.75) is 31.5 Å². The molecule has 6 nitrogen and oxygen atoms in total. The number of halogens is 3. The summed E-state index contributed by atoms with van der Waals surface area (Å²) in [5, 5.41) is 3.26. The average Bonchev–Trinajstić information content (AvgIpc) is 2.79. The van der Waals surface area contributed by atoms with Gasteiger partial charge in [0.25, 0.3) is 0 Å². The minimum Gasteiger partial charge on any atom is -0.383 e. The van der Waals surface area contributed by atoms with Crippen LogP contribution in [0.1, 0.15) is 24.8 Å². The largest absolute Gasteiger partial charge is 0.416 e. The molecule has 0 atom stereocenters. The number of alkyl halides is 3. The lowest BCUT2D eigenvalue weighted by Gasteiger charge is -2.37. The molecule has 2 fully saturated rings. The van der Waals surface area contributed by atoms with Gasteiger partial charge in [-0.25, -0.2) is 0 Å². The second-order valence-electron chi connectivity index (χ2n) is 8.12. The molecule has 0 spiro atoms. The fraction of sp³-hybridized carbons (Fsp3) is 0.478. The molecule has 2 aliphatic heterocycles. The van der Waals surface area contributed by atoms with E-state index in [-0.39, 0.29) is 24.3 Å². The van der Waals surface area contributed by atoms with Crippen LogP contribution in [0, 0.1) is 0 Å². The number of piperazine rings is 1. The van der Waals surface area contributed by atoms with E-state index < -0.39 is 11.7 Å². The molecule has 0 aromatic heterocycles. The van der Waals surface area contributed by atoms with Gasteiger partial charge in [-0.05, 0) is 43.2 Å². The normalized spacial score (nSPS) is 17.8. The molecule has 0 saturated carbocycles. The number of likely N-dealkylation sites (tertiary alicyclic amines) is 1. The summed E-state index contributed by atoms with van der Waals surface area (Å²) in [6.07, 6.45) is -1.27. The minimum atomic E-state index is -4.36. The molecule has 0 bridgehead atoms. The number of amides is 2. The molecule has 2 saturated heterocycles. The van der Waals surface area contributed by atoms with Crippen LogP contribution in [0.15, 0.2) is 49.2 Å².